The molecular weight excluding hydrogens is 310 g/mol. The first-order chi connectivity index (χ1) is 9.72. The van der Waals surface area contributed by atoms with Gasteiger partial charge in [0.05, 0.1) is 6.04 Å². The van der Waals surface area contributed by atoms with E-state index in [4.69, 9.17) is 0 Å². The minimum Gasteiger partial charge on any atom is -0.349 e. The second-order valence-corrected chi connectivity index (χ2v) is 6.12. The van der Waals surface area contributed by atoms with Crippen LogP contribution in [0.2, 0.25) is 0 Å². The summed E-state index contributed by atoms with van der Waals surface area (Å²) in [6.45, 7) is 0. The van der Waals surface area contributed by atoms with Gasteiger partial charge in [-0.15, -0.1) is 24.2 Å². The summed E-state index contributed by atoms with van der Waals surface area (Å²) in [7, 11) is 0. The van der Waals surface area contributed by atoms with E-state index in [-0.39, 0.29) is 30.3 Å². The summed E-state index contributed by atoms with van der Waals surface area (Å²) < 4.78 is 0. The maximum atomic E-state index is 11.9. The van der Waals surface area contributed by atoms with E-state index in [0.717, 1.165) is 30.2 Å². The average Bonchev–Trinajstić information content (AvgIpc) is 3.08. The number of hydrogen-bond donors (Lipinski definition) is 3. The molecule has 7 heteroatoms. The fourth-order valence-corrected chi connectivity index (χ4v) is 2.94. The number of benzene rings is 1. The van der Waals surface area contributed by atoms with Gasteiger partial charge < -0.3 is 10.6 Å². The quantitative estimate of drug-likeness (QED) is 0.785. The fraction of sp³-hybridized carbons (Fsp3) is 0.429. The third-order valence-electron chi connectivity index (χ3n) is 3.36. The Balaban J connectivity index is 0.00000161. The first-order valence-electron chi connectivity index (χ1n) is 6.75. The van der Waals surface area contributed by atoms with E-state index >= 15 is 0 Å². The van der Waals surface area contributed by atoms with Crippen molar-refractivity contribution in [3.63, 3.8) is 0 Å². The van der Waals surface area contributed by atoms with Gasteiger partial charge in [0.2, 0.25) is 5.91 Å². The topological polar surface area (TPSA) is 70.2 Å². The molecule has 1 saturated heterocycles. The number of amides is 2. The number of halogens is 1. The Kier molecular flexibility index (Phi) is 5.50. The molecule has 1 heterocycles. The lowest BCUT2D eigenvalue weighted by Crippen LogP contribution is -2.37. The first-order valence-corrected chi connectivity index (χ1v) is 7.91. The molecule has 1 aliphatic carbocycles. The standard InChI is InChI=1S/C14H17N3O2S.ClH/c18-13(16-11-5-6-11)9-1-3-10(4-2-9)17-14(19)12-7-20-8-15-12;/h1-4,11-12,15H,5-8H2,(H,16,18)(H,17,19);1H. The zero-order chi connectivity index (χ0) is 13.9. The number of nitrogens with one attached hydrogen (secondary N) is 3. The van der Waals surface area contributed by atoms with Gasteiger partial charge in [-0.2, -0.15) is 0 Å². The van der Waals surface area contributed by atoms with Gasteiger partial charge in [0, 0.05) is 28.9 Å². The molecule has 1 aromatic carbocycles. The second-order valence-electron chi connectivity index (χ2n) is 5.09. The van der Waals surface area contributed by atoms with Crippen molar-refractivity contribution in [3.05, 3.63) is 29.8 Å². The van der Waals surface area contributed by atoms with E-state index in [1.165, 1.54) is 0 Å². The van der Waals surface area contributed by atoms with Crippen LogP contribution in [0, 0.1) is 0 Å². The van der Waals surface area contributed by atoms with Crippen LogP contribution in [0.25, 0.3) is 0 Å². The minimum atomic E-state index is -0.127. The van der Waals surface area contributed by atoms with Crippen molar-refractivity contribution in [3.8, 4) is 0 Å². The van der Waals surface area contributed by atoms with E-state index in [2.05, 4.69) is 16.0 Å². The van der Waals surface area contributed by atoms with Crippen LogP contribution >= 0.6 is 24.2 Å². The molecule has 2 aliphatic rings. The molecule has 0 spiro atoms. The first kappa shape index (κ1) is 16.1. The highest BCUT2D eigenvalue weighted by molar-refractivity contribution is 7.99. The smallest absolute Gasteiger partial charge is 0.251 e. The van der Waals surface area contributed by atoms with Gasteiger partial charge in [-0.1, -0.05) is 0 Å². The normalized spacial score (nSPS) is 20.5. The van der Waals surface area contributed by atoms with E-state index in [1.54, 1.807) is 36.0 Å². The summed E-state index contributed by atoms with van der Waals surface area (Å²) in [6, 6.07) is 7.24. The van der Waals surface area contributed by atoms with Crippen molar-refractivity contribution in [1.29, 1.82) is 0 Å². The molecule has 21 heavy (non-hydrogen) atoms. The van der Waals surface area contributed by atoms with Crippen molar-refractivity contribution in [1.82, 2.24) is 10.6 Å². The Bertz CT molecular complexity index is 513. The van der Waals surface area contributed by atoms with E-state index < -0.39 is 0 Å². The van der Waals surface area contributed by atoms with Gasteiger partial charge in [-0.25, -0.2) is 0 Å². The molecule has 0 radical (unpaired) electrons. The van der Waals surface area contributed by atoms with E-state index in [1.807, 2.05) is 0 Å². The zero-order valence-electron chi connectivity index (χ0n) is 11.4. The third kappa shape index (κ3) is 4.36. The highest BCUT2D eigenvalue weighted by Gasteiger charge is 2.24. The molecule has 1 atom stereocenters. The summed E-state index contributed by atoms with van der Waals surface area (Å²) in [5.41, 5.74) is 1.35. The van der Waals surface area contributed by atoms with Crippen molar-refractivity contribution >= 4 is 41.7 Å². The number of carbonyl (C=O) groups excluding carboxylic acids is 2. The molecule has 0 bridgehead atoms. The van der Waals surface area contributed by atoms with Crippen LogP contribution in [0.3, 0.4) is 0 Å². The summed E-state index contributed by atoms with van der Waals surface area (Å²) in [5.74, 6) is 1.55. The van der Waals surface area contributed by atoms with Gasteiger partial charge in [0.25, 0.3) is 5.91 Å². The van der Waals surface area contributed by atoms with Crippen LogP contribution in [0.5, 0.6) is 0 Å². The lowest BCUT2D eigenvalue weighted by Gasteiger charge is -2.11. The lowest BCUT2D eigenvalue weighted by atomic mass is 10.2. The highest BCUT2D eigenvalue weighted by Crippen LogP contribution is 2.20. The maximum Gasteiger partial charge on any atom is 0.251 e. The summed E-state index contributed by atoms with van der Waals surface area (Å²) >= 11 is 1.71. The number of rotatable bonds is 4. The van der Waals surface area contributed by atoms with Gasteiger partial charge in [-0.05, 0) is 37.1 Å². The third-order valence-corrected chi connectivity index (χ3v) is 4.30. The molecule has 0 aromatic heterocycles. The Labute approximate surface area is 134 Å². The fourth-order valence-electron chi connectivity index (χ4n) is 1.99. The number of anilines is 1. The zero-order valence-corrected chi connectivity index (χ0v) is 13.1. The van der Waals surface area contributed by atoms with Crippen LogP contribution in [0.15, 0.2) is 24.3 Å². The highest BCUT2D eigenvalue weighted by atomic mass is 35.5. The maximum absolute atomic E-state index is 11.9. The second kappa shape index (κ2) is 7.15. The van der Waals surface area contributed by atoms with Crippen molar-refractivity contribution < 1.29 is 9.59 Å². The summed E-state index contributed by atoms with van der Waals surface area (Å²) in [5, 5.41) is 8.91. The Morgan fingerprint density at radius 2 is 1.90 bits per heavy atom. The SMILES string of the molecule is Cl.O=C(NC1CC1)c1ccc(NC(=O)C2CSCN2)cc1. The number of thioether (sulfide) groups is 1. The minimum absolute atomic E-state index is 0. The van der Waals surface area contributed by atoms with Crippen molar-refractivity contribution in [2.45, 2.75) is 24.9 Å². The molecular formula is C14H18ClN3O2S. The summed E-state index contributed by atoms with van der Waals surface area (Å²) in [4.78, 5) is 23.7. The Morgan fingerprint density at radius 1 is 1.19 bits per heavy atom. The molecule has 1 aromatic rings. The van der Waals surface area contributed by atoms with Crippen LogP contribution in [-0.2, 0) is 4.79 Å². The van der Waals surface area contributed by atoms with Gasteiger partial charge in [-0.3, -0.25) is 14.9 Å². The van der Waals surface area contributed by atoms with Crippen LogP contribution < -0.4 is 16.0 Å². The van der Waals surface area contributed by atoms with E-state index in [0.29, 0.717) is 11.6 Å². The molecule has 1 saturated carbocycles. The largest absolute Gasteiger partial charge is 0.349 e. The number of hydrogen-bond acceptors (Lipinski definition) is 4. The molecule has 114 valence electrons. The van der Waals surface area contributed by atoms with E-state index in [9.17, 15) is 9.59 Å². The van der Waals surface area contributed by atoms with Crippen LogP contribution in [-0.4, -0.2) is 35.5 Å². The monoisotopic (exact) mass is 327 g/mol. The predicted octanol–water partition coefficient (Wildman–Crippen LogP) is 1.60. The predicted molar refractivity (Wildman–Crippen MR) is 87.1 cm³/mol. The van der Waals surface area contributed by atoms with Crippen LogP contribution in [0.1, 0.15) is 23.2 Å². The van der Waals surface area contributed by atoms with Gasteiger partial charge >= 0.3 is 0 Å². The summed E-state index contributed by atoms with van der Waals surface area (Å²) in [6.07, 6.45) is 2.15. The molecule has 2 fully saturated rings. The molecule has 5 nitrogen and oxygen atoms in total. The average molecular weight is 328 g/mol. The van der Waals surface area contributed by atoms with Crippen molar-refractivity contribution in [2.75, 3.05) is 16.9 Å². The number of carbonyl (C=O) groups is 2. The molecule has 3 N–H and O–H groups in total. The van der Waals surface area contributed by atoms with Gasteiger partial charge in [0.1, 0.15) is 0 Å². The van der Waals surface area contributed by atoms with Crippen molar-refractivity contribution in [2.24, 2.45) is 0 Å². The Morgan fingerprint density at radius 3 is 2.48 bits per heavy atom. The molecule has 1 unspecified atom stereocenters. The lowest BCUT2D eigenvalue weighted by molar-refractivity contribution is -0.117. The molecule has 3 rings (SSSR count). The molecule has 1 aliphatic heterocycles. The van der Waals surface area contributed by atoms with Gasteiger partial charge in [0.15, 0.2) is 0 Å². The molecule has 2 amide bonds. The van der Waals surface area contributed by atoms with Crippen LogP contribution in [0.4, 0.5) is 5.69 Å². The Hall–Kier alpha value is -1.24.